The van der Waals surface area contributed by atoms with E-state index in [1.54, 1.807) is 33.8 Å². The van der Waals surface area contributed by atoms with Gasteiger partial charge in [0.25, 0.3) is 0 Å². The Kier molecular flexibility index (Phi) is 4.73. The molecule has 1 unspecified atom stereocenters. The SMILES string of the molecule is CC=C(C)C(=O)OCc1cc(=O)c2c(O)c3c(cc2o1)OC(C(C)(C)O)C3. The molecular formula is C20H22O7. The molecule has 0 saturated heterocycles. The summed E-state index contributed by atoms with van der Waals surface area (Å²) in [5, 5.41) is 20.7. The molecule has 2 N–H and O–H groups in total. The van der Waals surface area contributed by atoms with Gasteiger partial charge in [0.05, 0.1) is 5.60 Å². The highest BCUT2D eigenvalue weighted by atomic mass is 16.5. The number of rotatable bonds is 4. The van der Waals surface area contributed by atoms with Crippen molar-refractivity contribution in [1.29, 1.82) is 0 Å². The highest BCUT2D eigenvalue weighted by molar-refractivity contribution is 5.88. The summed E-state index contributed by atoms with van der Waals surface area (Å²) >= 11 is 0. The lowest BCUT2D eigenvalue weighted by atomic mass is 9.96. The lowest BCUT2D eigenvalue weighted by Crippen LogP contribution is -2.39. The van der Waals surface area contributed by atoms with Crippen molar-refractivity contribution >= 4 is 16.9 Å². The van der Waals surface area contributed by atoms with Crippen LogP contribution in [0.15, 0.2) is 33.0 Å². The van der Waals surface area contributed by atoms with Gasteiger partial charge in [0.1, 0.15) is 40.9 Å². The van der Waals surface area contributed by atoms with E-state index in [1.807, 2.05) is 0 Å². The van der Waals surface area contributed by atoms with E-state index in [0.29, 0.717) is 16.9 Å². The largest absolute Gasteiger partial charge is 0.507 e. The van der Waals surface area contributed by atoms with Gasteiger partial charge in [0.2, 0.25) is 0 Å². The average molecular weight is 374 g/mol. The van der Waals surface area contributed by atoms with Crippen molar-refractivity contribution in [3.8, 4) is 11.5 Å². The molecule has 3 rings (SSSR count). The maximum absolute atomic E-state index is 12.5. The molecule has 0 fully saturated rings. The number of benzene rings is 1. The molecule has 7 heteroatoms. The number of fused-ring (bicyclic) bond motifs is 2. The van der Waals surface area contributed by atoms with Crippen LogP contribution in [0.4, 0.5) is 0 Å². The third-order valence-corrected chi connectivity index (χ3v) is 4.66. The van der Waals surface area contributed by atoms with Gasteiger partial charge in [-0.15, -0.1) is 0 Å². The van der Waals surface area contributed by atoms with E-state index in [4.69, 9.17) is 13.9 Å². The molecule has 0 spiro atoms. The number of hydrogen-bond acceptors (Lipinski definition) is 7. The second-order valence-corrected chi connectivity index (χ2v) is 7.16. The second-order valence-electron chi connectivity index (χ2n) is 7.16. The Labute approximate surface area is 155 Å². The van der Waals surface area contributed by atoms with Gasteiger partial charge in [-0.1, -0.05) is 6.08 Å². The molecule has 0 bridgehead atoms. The van der Waals surface area contributed by atoms with E-state index in [2.05, 4.69) is 0 Å². The molecule has 1 atom stereocenters. The van der Waals surface area contributed by atoms with Crippen LogP contribution in [0.5, 0.6) is 11.5 Å². The first-order valence-corrected chi connectivity index (χ1v) is 8.62. The fourth-order valence-electron chi connectivity index (χ4n) is 2.89. The summed E-state index contributed by atoms with van der Waals surface area (Å²) in [5.74, 6) is -0.208. The summed E-state index contributed by atoms with van der Waals surface area (Å²) in [5.41, 5.74) is -0.524. The highest BCUT2D eigenvalue weighted by Crippen LogP contribution is 2.42. The Morgan fingerprint density at radius 2 is 2.11 bits per heavy atom. The molecule has 1 aromatic heterocycles. The van der Waals surface area contributed by atoms with Gasteiger partial charge in [0, 0.05) is 29.7 Å². The predicted molar refractivity (Wildman–Crippen MR) is 97.8 cm³/mol. The summed E-state index contributed by atoms with van der Waals surface area (Å²) < 4.78 is 16.5. The Bertz CT molecular complexity index is 992. The Hall–Kier alpha value is -2.80. The zero-order chi connectivity index (χ0) is 19.9. The van der Waals surface area contributed by atoms with Gasteiger partial charge in [0.15, 0.2) is 5.43 Å². The van der Waals surface area contributed by atoms with Crippen molar-refractivity contribution < 1.29 is 28.9 Å². The van der Waals surface area contributed by atoms with Crippen molar-refractivity contribution in [3.63, 3.8) is 0 Å². The first-order chi connectivity index (χ1) is 12.6. The van der Waals surface area contributed by atoms with Crippen LogP contribution in [0, 0.1) is 0 Å². The van der Waals surface area contributed by atoms with Gasteiger partial charge in [-0.2, -0.15) is 0 Å². The summed E-state index contributed by atoms with van der Waals surface area (Å²) in [4.78, 5) is 24.2. The minimum atomic E-state index is -1.11. The molecule has 27 heavy (non-hydrogen) atoms. The first kappa shape index (κ1) is 19.0. The number of carbonyl (C=O) groups excluding carboxylic acids is 1. The number of esters is 1. The van der Waals surface area contributed by atoms with E-state index in [1.165, 1.54) is 12.1 Å². The van der Waals surface area contributed by atoms with Gasteiger partial charge in [-0.3, -0.25) is 4.79 Å². The van der Waals surface area contributed by atoms with Crippen LogP contribution in [-0.4, -0.2) is 27.9 Å². The number of phenols is 1. The number of carbonyl (C=O) groups is 1. The maximum Gasteiger partial charge on any atom is 0.333 e. The van der Waals surface area contributed by atoms with E-state index in [0.717, 1.165) is 0 Å². The lowest BCUT2D eigenvalue weighted by molar-refractivity contribution is -0.140. The Balaban J connectivity index is 1.97. The molecule has 1 aliphatic heterocycles. The molecule has 144 valence electrons. The monoisotopic (exact) mass is 374 g/mol. The van der Waals surface area contributed by atoms with Crippen LogP contribution >= 0.6 is 0 Å². The molecule has 0 amide bonds. The zero-order valence-corrected chi connectivity index (χ0v) is 15.7. The molecule has 1 aromatic carbocycles. The number of aliphatic hydroxyl groups is 1. The van der Waals surface area contributed by atoms with E-state index < -0.39 is 23.1 Å². The summed E-state index contributed by atoms with van der Waals surface area (Å²) in [6, 6.07) is 2.70. The average Bonchev–Trinajstić information content (AvgIpc) is 3.03. The quantitative estimate of drug-likeness (QED) is 0.626. The number of allylic oxidation sites excluding steroid dienone is 1. The number of hydrogen-bond donors (Lipinski definition) is 2. The Morgan fingerprint density at radius 1 is 1.41 bits per heavy atom. The van der Waals surface area contributed by atoms with E-state index in [-0.39, 0.29) is 35.5 Å². The fraction of sp³-hybridized carbons (Fsp3) is 0.400. The van der Waals surface area contributed by atoms with Crippen LogP contribution in [-0.2, 0) is 22.6 Å². The topological polar surface area (TPSA) is 106 Å². The third kappa shape index (κ3) is 3.55. The van der Waals surface area contributed by atoms with Gasteiger partial charge in [-0.05, 0) is 27.7 Å². The minimum absolute atomic E-state index is 0.0356. The number of phenolic OH excluding ortho intramolecular Hbond substituents is 1. The van der Waals surface area contributed by atoms with E-state index >= 15 is 0 Å². The van der Waals surface area contributed by atoms with Crippen LogP contribution in [0.3, 0.4) is 0 Å². The van der Waals surface area contributed by atoms with Crippen LogP contribution in [0.2, 0.25) is 0 Å². The summed E-state index contributed by atoms with van der Waals surface area (Å²) in [6.45, 7) is 6.36. The Morgan fingerprint density at radius 3 is 2.74 bits per heavy atom. The first-order valence-electron chi connectivity index (χ1n) is 8.62. The smallest absolute Gasteiger partial charge is 0.333 e. The van der Waals surface area contributed by atoms with Crippen molar-refractivity contribution in [1.82, 2.24) is 0 Å². The van der Waals surface area contributed by atoms with Crippen LogP contribution in [0.1, 0.15) is 39.0 Å². The highest BCUT2D eigenvalue weighted by Gasteiger charge is 2.37. The molecule has 0 radical (unpaired) electrons. The minimum Gasteiger partial charge on any atom is -0.507 e. The zero-order valence-electron chi connectivity index (χ0n) is 15.7. The lowest BCUT2D eigenvalue weighted by Gasteiger charge is -2.24. The standard InChI is InChI=1S/C20H22O7/c1-5-10(2)19(23)25-9-11-6-13(21)17-15(26-11)8-14-12(18(17)22)7-16(27-14)20(3,4)24/h5-6,8,16,22,24H,7,9H2,1-4H3. The molecule has 2 aromatic rings. The molecule has 0 saturated carbocycles. The van der Waals surface area contributed by atoms with Gasteiger partial charge < -0.3 is 24.1 Å². The van der Waals surface area contributed by atoms with Crippen molar-refractivity contribution in [2.45, 2.75) is 52.4 Å². The molecule has 1 aliphatic rings. The third-order valence-electron chi connectivity index (χ3n) is 4.66. The van der Waals surface area contributed by atoms with Crippen molar-refractivity contribution in [2.75, 3.05) is 0 Å². The molecule has 7 nitrogen and oxygen atoms in total. The molecule has 0 aliphatic carbocycles. The normalized spacial score (nSPS) is 16.9. The number of aromatic hydroxyl groups is 1. The van der Waals surface area contributed by atoms with Gasteiger partial charge in [-0.25, -0.2) is 4.79 Å². The maximum atomic E-state index is 12.5. The summed E-state index contributed by atoms with van der Waals surface area (Å²) in [7, 11) is 0. The molecule has 2 heterocycles. The van der Waals surface area contributed by atoms with E-state index in [9.17, 15) is 19.8 Å². The predicted octanol–water partition coefficient (Wildman–Crippen LogP) is 2.58. The fourth-order valence-corrected chi connectivity index (χ4v) is 2.89. The van der Waals surface area contributed by atoms with Crippen molar-refractivity contribution in [3.05, 3.63) is 45.3 Å². The summed E-state index contributed by atoms with van der Waals surface area (Å²) in [6.07, 6.45) is 1.35. The second kappa shape index (κ2) is 6.74. The van der Waals surface area contributed by atoms with Crippen LogP contribution < -0.4 is 10.2 Å². The molecular weight excluding hydrogens is 352 g/mol. The van der Waals surface area contributed by atoms with Gasteiger partial charge >= 0.3 is 5.97 Å². The van der Waals surface area contributed by atoms with Crippen molar-refractivity contribution in [2.24, 2.45) is 0 Å². The number of ether oxygens (including phenoxy) is 2. The van der Waals surface area contributed by atoms with Crippen LogP contribution in [0.25, 0.3) is 11.0 Å².